The van der Waals surface area contributed by atoms with Gasteiger partial charge in [-0.3, -0.25) is 4.79 Å². The lowest BCUT2D eigenvalue weighted by Gasteiger charge is -2.40. The Morgan fingerprint density at radius 2 is 1.33 bits per heavy atom. The average Bonchev–Trinajstić information content (AvgIpc) is 3.66. The third kappa shape index (κ3) is 9.28. The molecule has 2 fully saturated rings. The molecule has 0 bridgehead atoms. The molecule has 4 aromatic carbocycles. The van der Waals surface area contributed by atoms with Crippen molar-refractivity contribution in [2.24, 2.45) is 5.41 Å². The number of nitrogens with one attached hydrogen (secondary N) is 1. The number of nitrogens with zero attached hydrogens (tertiary/aromatic N) is 3. The minimum Gasteiger partial charge on any atom is -0.480 e. The van der Waals surface area contributed by atoms with Crippen LogP contribution in [0.15, 0.2) is 113 Å². The van der Waals surface area contributed by atoms with E-state index in [-0.39, 0.29) is 49.2 Å². The number of alkyl halides is 3. The second-order valence-corrected chi connectivity index (χ2v) is 20.4. The highest BCUT2D eigenvalue weighted by Crippen LogP contribution is 2.53. The molecule has 0 amide bonds. The van der Waals surface area contributed by atoms with Gasteiger partial charge in [-0.15, -0.1) is 0 Å². The van der Waals surface area contributed by atoms with Gasteiger partial charge in [-0.2, -0.15) is 23.1 Å². The maximum Gasteiger partial charge on any atom is 0.437 e. The normalized spacial score (nSPS) is 17.9. The van der Waals surface area contributed by atoms with Crippen molar-refractivity contribution < 1.29 is 44.6 Å². The Morgan fingerprint density at radius 3 is 1.77 bits per heavy atom. The van der Waals surface area contributed by atoms with Crippen LogP contribution in [-0.4, -0.2) is 82.2 Å². The van der Waals surface area contributed by atoms with Crippen LogP contribution in [0.25, 0.3) is 34.4 Å². The summed E-state index contributed by atoms with van der Waals surface area (Å²) in [5, 5.41) is 12.7. The fourth-order valence-corrected chi connectivity index (χ4v) is 10.0. The summed E-state index contributed by atoms with van der Waals surface area (Å²) in [6, 6.07) is 20.5. The van der Waals surface area contributed by atoms with Crippen LogP contribution in [0.5, 0.6) is 5.88 Å². The van der Waals surface area contributed by atoms with Gasteiger partial charge in [0.1, 0.15) is 11.9 Å². The first-order chi connectivity index (χ1) is 30.2. The molecule has 7 rings (SSSR count). The highest BCUT2D eigenvalue weighted by molar-refractivity contribution is 7.91. The predicted molar refractivity (Wildman–Crippen MR) is 241 cm³/mol. The van der Waals surface area contributed by atoms with E-state index in [9.17, 15) is 26.7 Å². The fraction of sp³-hybridized carbons (Fsp3) is 0.298. The molecule has 4 N–H and O–H groups in total. The number of allylic oxidation sites excluding steroid dienone is 2. The molecule has 2 aliphatic rings. The Balaban J connectivity index is 1.51. The maximum atomic E-state index is 17.2. The van der Waals surface area contributed by atoms with Gasteiger partial charge < -0.3 is 25.8 Å². The van der Waals surface area contributed by atoms with Gasteiger partial charge in [0.15, 0.2) is 19.7 Å². The zero-order chi connectivity index (χ0) is 46.2. The van der Waals surface area contributed by atoms with Crippen molar-refractivity contribution >= 4 is 49.6 Å². The number of piperidine rings is 1. The van der Waals surface area contributed by atoms with E-state index in [0.29, 0.717) is 50.0 Å². The summed E-state index contributed by atoms with van der Waals surface area (Å²) in [6.07, 6.45) is 5.10. The SMILES string of the molecule is CC=Cc1ccc(C(Oc2cc(N3CCC4(CC3)CNC(C(=O)O)C4)nc(N)n2)(c2ccc(C=CC)cc2-c2cccc(S(C)(=O)=O)c2)C(F)(F)F)c(-c2cccc(S(C)(=O)=O)c2)c1. The summed E-state index contributed by atoms with van der Waals surface area (Å²) in [5.41, 5.74) is 2.96. The van der Waals surface area contributed by atoms with E-state index in [0.717, 1.165) is 12.5 Å². The number of hydrogen-bond donors (Lipinski definition) is 3. The van der Waals surface area contributed by atoms with Gasteiger partial charge in [-0.25, -0.2) is 16.8 Å². The lowest BCUT2D eigenvalue weighted by atomic mass is 9.76. The van der Waals surface area contributed by atoms with Crippen molar-refractivity contribution in [3.63, 3.8) is 0 Å². The molecule has 2 aliphatic heterocycles. The van der Waals surface area contributed by atoms with Gasteiger partial charge in [0.2, 0.25) is 11.8 Å². The molecule has 2 saturated heterocycles. The molecule has 3 heterocycles. The summed E-state index contributed by atoms with van der Waals surface area (Å²) < 4.78 is 110. The van der Waals surface area contributed by atoms with E-state index in [4.69, 9.17) is 10.5 Å². The molecule has 336 valence electrons. The van der Waals surface area contributed by atoms with E-state index < -0.39 is 60.5 Å². The van der Waals surface area contributed by atoms with E-state index in [1.165, 1.54) is 91.0 Å². The van der Waals surface area contributed by atoms with Crippen molar-refractivity contribution in [3.05, 3.63) is 125 Å². The number of anilines is 2. The molecule has 0 aliphatic carbocycles. The molecule has 5 aromatic rings. The quantitative estimate of drug-likeness (QED) is 0.109. The Labute approximate surface area is 370 Å². The molecule has 1 atom stereocenters. The molecule has 1 aromatic heterocycles. The first-order valence-electron chi connectivity index (χ1n) is 20.4. The zero-order valence-electron chi connectivity index (χ0n) is 35.6. The highest BCUT2D eigenvalue weighted by Gasteiger charge is 2.62. The van der Waals surface area contributed by atoms with Crippen molar-refractivity contribution in [1.29, 1.82) is 0 Å². The summed E-state index contributed by atoms with van der Waals surface area (Å²) in [6.45, 7) is 4.81. The highest BCUT2D eigenvalue weighted by atomic mass is 32.2. The number of ether oxygens (including phenoxy) is 1. The molecule has 17 heteroatoms. The lowest BCUT2D eigenvalue weighted by Crippen LogP contribution is -2.49. The second-order valence-electron chi connectivity index (χ2n) is 16.4. The summed E-state index contributed by atoms with van der Waals surface area (Å²) >= 11 is 0. The number of rotatable bonds is 12. The topological polar surface area (TPSA) is 182 Å². The van der Waals surface area contributed by atoms with Crippen LogP contribution in [0, 0.1) is 5.41 Å². The third-order valence-electron chi connectivity index (χ3n) is 11.9. The van der Waals surface area contributed by atoms with Crippen molar-refractivity contribution in [2.45, 2.75) is 60.7 Å². The summed E-state index contributed by atoms with van der Waals surface area (Å²) in [7, 11) is -7.65. The number of nitrogen functional groups attached to an aromatic ring is 1. The molecule has 12 nitrogen and oxygen atoms in total. The smallest absolute Gasteiger partial charge is 0.437 e. The second kappa shape index (κ2) is 17.5. The van der Waals surface area contributed by atoms with Crippen LogP contribution in [0.3, 0.4) is 0 Å². The number of hydrogen-bond acceptors (Lipinski definition) is 11. The van der Waals surface area contributed by atoms with Crippen LogP contribution >= 0.6 is 0 Å². The Hall–Kier alpha value is -6.04. The van der Waals surface area contributed by atoms with E-state index in [2.05, 4.69) is 15.3 Å². The summed E-state index contributed by atoms with van der Waals surface area (Å²) in [5.74, 6) is -1.63. The minimum absolute atomic E-state index is 0.0137. The average molecular weight is 916 g/mol. The van der Waals surface area contributed by atoms with Crippen LogP contribution in [0.4, 0.5) is 24.9 Å². The van der Waals surface area contributed by atoms with Crippen molar-refractivity contribution in [1.82, 2.24) is 15.3 Å². The molecule has 1 spiro atoms. The van der Waals surface area contributed by atoms with E-state index in [1.54, 1.807) is 38.2 Å². The van der Waals surface area contributed by atoms with E-state index >= 15 is 13.2 Å². The molecular weight excluding hydrogens is 868 g/mol. The van der Waals surface area contributed by atoms with Crippen LogP contribution in [0.2, 0.25) is 0 Å². The van der Waals surface area contributed by atoms with Crippen molar-refractivity contribution in [3.8, 4) is 28.1 Å². The van der Waals surface area contributed by atoms with E-state index in [1.807, 2.05) is 4.90 Å². The monoisotopic (exact) mass is 915 g/mol. The number of halogens is 3. The standard InChI is InChI=1S/C47H48F3N5O7S2/c1-5-9-30-15-17-38(36(23-30)32-11-7-13-34(25-32)63(3,58)59)46(47(48,49)50,39-18-16-31(10-6-2)24-37(39)33-12-8-14-35(26-33)64(4,60)61)62-42-27-41(53-44(51)54-42)55-21-19-45(20-22-55)28-40(43(56)57)52-29-45/h5-18,23-27,40,52H,19-22,28-29H2,1-4H3,(H,56,57)(H2,51,53,54). The summed E-state index contributed by atoms with van der Waals surface area (Å²) in [4.78, 5) is 22.0. The van der Waals surface area contributed by atoms with Crippen LogP contribution < -0.4 is 20.7 Å². The van der Waals surface area contributed by atoms with Crippen LogP contribution in [-0.2, 0) is 30.1 Å². The zero-order valence-corrected chi connectivity index (χ0v) is 37.2. The number of sulfone groups is 2. The third-order valence-corrected chi connectivity index (χ3v) is 14.1. The molecule has 0 radical (unpaired) electrons. The number of aromatic nitrogens is 2. The largest absolute Gasteiger partial charge is 0.480 e. The fourth-order valence-electron chi connectivity index (χ4n) is 8.70. The van der Waals surface area contributed by atoms with Gasteiger partial charge in [0.05, 0.1) is 9.79 Å². The van der Waals surface area contributed by atoms with Gasteiger partial charge >= 0.3 is 12.1 Å². The van der Waals surface area contributed by atoms with Gasteiger partial charge in [-0.05, 0) is 108 Å². The first kappa shape index (κ1) is 46.0. The number of benzene rings is 4. The Morgan fingerprint density at radius 1 is 0.812 bits per heavy atom. The number of carbonyl (C=O) groups is 1. The number of nitrogens with two attached hydrogens (primary N) is 1. The van der Waals surface area contributed by atoms with Gasteiger partial charge in [0, 0.05) is 49.3 Å². The Kier molecular flexibility index (Phi) is 12.6. The molecule has 0 saturated carbocycles. The number of aliphatic carboxylic acids is 1. The molecular formula is C47H48F3N5O7S2. The molecule has 64 heavy (non-hydrogen) atoms. The van der Waals surface area contributed by atoms with Crippen molar-refractivity contribution in [2.75, 3.05) is 42.8 Å². The van der Waals surface area contributed by atoms with Gasteiger partial charge in [0.25, 0.3) is 5.60 Å². The number of carboxylic acid groups (broad SMARTS) is 1. The first-order valence-corrected chi connectivity index (χ1v) is 24.2. The minimum atomic E-state index is -5.34. The Bertz CT molecular complexity index is 2760. The molecule has 1 unspecified atom stereocenters. The lowest BCUT2D eigenvalue weighted by molar-refractivity contribution is -0.238. The van der Waals surface area contributed by atoms with Crippen LogP contribution in [0.1, 0.15) is 55.4 Å². The van der Waals surface area contributed by atoms with Gasteiger partial charge in [-0.1, -0.05) is 72.8 Å². The predicted octanol–water partition coefficient (Wildman–Crippen LogP) is 8.18. The number of carboxylic acids is 1. The maximum absolute atomic E-state index is 17.2.